The van der Waals surface area contributed by atoms with Crippen molar-refractivity contribution in [2.24, 2.45) is 41.4 Å². The lowest BCUT2D eigenvalue weighted by molar-refractivity contribution is -0.187. The Morgan fingerprint density at radius 2 is 1.63 bits per heavy atom. The van der Waals surface area contributed by atoms with E-state index in [2.05, 4.69) is 58.6 Å². The lowest BCUT2D eigenvalue weighted by Crippen LogP contribution is -2.36. The van der Waals surface area contributed by atoms with Crippen molar-refractivity contribution in [2.45, 2.75) is 91.8 Å². The Hall–Kier alpha value is -1.99. The van der Waals surface area contributed by atoms with Gasteiger partial charge in [-0.2, -0.15) is 0 Å². The quantitative estimate of drug-likeness (QED) is 0.222. The van der Waals surface area contributed by atoms with Gasteiger partial charge in [-0.1, -0.05) is 96.7 Å². The molecule has 1 aliphatic heterocycles. The summed E-state index contributed by atoms with van der Waals surface area (Å²) in [5, 5.41) is 41.8. The molecule has 0 spiro atoms. The zero-order valence-corrected chi connectivity index (χ0v) is 24.2. The van der Waals surface area contributed by atoms with E-state index in [1.807, 2.05) is 19.1 Å². The van der Waals surface area contributed by atoms with Gasteiger partial charge in [0.05, 0.1) is 12.2 Å². The molecule has 216 valence electrons. The molecule has 0 aromatic heterocycles. The van der Waals surface area contributed by atoms with Crippen molar-refractivity contribution < 1.29 is 30.0 Å². The average molecular weight is 533 g/mol. The normalized spacial score (nSPS) is 40.7. The van der Waals surface area contributed by atoms with E-state index in [1.54, 1.807) is 19.1 Å². The minimum atomic E-state index is -1.67. The van der Waals surface area contributed by atoms with Gasteiger partial charge in [0.15, 0.2) is 0 Å². The Balaban J connectivity index is 3.19. The summed E-state index contributed by atoms with van der Waals surface area (Å²) in [6, 6.07) is 0. The Bertz CT molecular complexity index is 815. The Labute approximate surface area is 230 Å². The van der Waals surface area contributed by atoms with Crippen molar-refractivity contribution in [2.75, 3.05) is 0 Å². The number of aliphatic hydroxyl groups is 4. The van der Waals surface area contributed by atoms with Crippen molar-refractivity contribution in [3.05, 3.63) is 61.3 Å². The Kier molecular flexibility index (Phi) is 15.7. The van der Waals surface area contributed by atoms with Crippen LogP contribution in [-0.2, 0) is 9.53 Å². The van der Waals surface area contributed by atoms with Crippen molar-refractivity contribution in [3.8, 4) is 0 Å². The molecule has 1 heterocycles. The van der Waals surface area contributed by atoms with Crippen LogP contribution >= 0.6 is 0 Å². The van der Waals surface area contributed by atoms with Crippen LogP contribution in [0.4, 0.5) is 0 Å². The van der Waals surface area contributed by atoms with Gasteiger partial charge in [0.1, 0.15) is 6.10 Å². The molecule has 4 N–H and O–H groups in total. The summed E-state index contributed by atoms with van der Waals surface area (Å²) in [5.74, 6) is 0.145. The SMILES string of the molecule is C=CC=C[C@H](C)[C@@H]1C[C@H](C)/C=C/[C@H](C)[C@@H](C)[C@@H](O)C[C@@H](O)CC[C@H](C)[C@H](O)[C@@H](O)OC(=O)/C=C/C=C/[C@H]1C. The molecular formula is C32H52O6. The molecule has 0 saturated carbocycles. The molecule has 0 saturated heterocycles. The smallest absolute Gasteiger partial charge is 0.333 e. The summed E-state index contributed by atoms with van der Waals surface area (Å²) < 4.78 is 4.98. The first-order valence-corrected chi connectivity index (χ1v) is 14.1. The first kappa shape index (κ1) is 34.0. The van der Waals surface area contributed by atoms with Gasteiger partial charge in [0, 0.05) is 6.08 Å². The van der Waals surface area contributed by atoms with E-state index in [1.165, 1.54) is 6.08 Å². The molecule has 0 radical (unpaired) electrons. The van der Waals surface area contributed by atoms with Gasteiger partial charge in [-0.3, -0.25) is 0 Å². The van der Waals surface area contributed by atoms with Crippen LogP contribution in [0.25, 0.3) is 0 Å². The summed E-state index contributed by atoms with van der Waals surface area (Å²) in [6.45, 7) is 16.2. The molecule has 0 bridgehead atoms. The van der Waals surface area contributed by atoms with Crippen molar-refractivity contribution in [3.63, 3.8) is 0 Å². The number of rotatable bonds is 3. The molecule has 6 nitrogen and oxygen atoms in total. The lowest BCUT2D eigenvalue weighted by Gasteiger charge is -2.29. The molecule has 11 atom stereocenters. The van der Waals surface area contributed by atoms with Crippen molar-refractivity contribution >= 4 is 5.97 Å². The topological polar surface area (TPSA) is 107 Å². The summed E-state index contributed by atoms with van der Waals surface area (Å²) in [4.78, 5) is 12.1. The maximum absolute atomic E-state index is 12.1. The lowest BCUT2D eigenvalue weighted by atomic mass is 9.77. The molecule has 0 aromatic carbocycles. The predicted octanol–water partition coefficient (Wildman–Crippen LogP) is 5.35. The molecule has 6 heteroatoms. The maximum Gasteiger partial charge on any atom is 0.333 e. The number of cyclic esters (lactones) is 1. The van der Waals surface area contributed by atoms with Crippen LogP contribution in [-0.4, -0.2) is 51.0 Å². The number of aliphatic hydroxyl groups excluding tert-OH is 4. The molecule has 0 amide bonds. The Morgan fingerprint density at radius 1 is 0.947 bits per heavy atom. The molecule has 0 unspecified atom stereocenters. The van der Waals surface area contributed by atoms with Gasteiger partial charge in [-0.25, -0.2) is 4.79 Å². The number of ether oxygens (including phenoxy) is 1. The third-order valence-electron chi connectivity index (χ3n) is 8.06. The molecule has 38 heavy (non-hydrogen) atoms. The minimum Gasteiger partial charge on any atom is -0.430 e. The van der Waals surface area contributed by atoms with Crippen LogP contribution in [0.2, 0.25) is 0 Å². The second-order valence-corrected chi connectivity index (χ2v) is 11.4. The zero-order chi connectivity index (χ0) is 28.8. The van der Waals surface area contributed by atoms with Crippen LogP contribution in [0.1, 0.15) is 67.2 Å². The van der Waals surface area contributed by atoms with Gasteiger partial charge in [-0.15, -0.1) is 0 Å². The van der Waals surface area contributed by atoms with Crippen molar-refractivity contribution in [1.82, 2.24) is 0 Å². The molecular weight excluding hydrogens is 480 g/mol. The summed E-state index contributed by atoms with van der Waals surface area (Å²) in [5.41, 5.74) is 0. The van der Waals surface area contributed by atoms with E-state index in [0.29, 0.717) is 30.6 Å². The number of carbonyl (C=O) groups excluding carboxylic acids is 1. The van der Waals surface area contributed by atoms with Crippen LogP contribution in [0, 0.1) is 41.4 Å². The van der Waals surface area contributed by atoms with E-state index in [4.69, 9.17) is 4.74 Å². The van der Waals surface area contributed by atoms with E-state index in [9.17, 15) is 25.2 Å². The fraction of sp³-hybridized carbons (Fsp3) is 0.656. The average Bonchev–Trinajstić information content (AvgIpc) is 2.88. The van der Waals surface area contributed by atoms with Gasteiger partial charge < -0.3 is 25.2 Å². The highest BCUT2D eigenvalue weighted by atomic mass is 16.6. The first-order valence-electron chi connectivity index (χ1n) is 14.1. The number of allylic oxidation sites excluding steroid dienone is 8. The Morgan fingerprint density at radius 3 is 2.29 bits per heavy atom. The molecule has 0 aromatic rings. The first-order chi connectivity index (χ1) is 17.9. The number of carbonyl (C=O) groups is 1. The number of hydrogen-bond acceptors (Lipinski definition) is 6. The fourth-order valence-electron chi connectivity index (χ4n) is 4.97. The van der Waals surface area contributed by atoms with E-state index < -0.39 is 36.5 Å². The van der Waals surface area contributed by atoms with Crippen LogP contribution in [0.15, 0.2) is 61.3 Å². The molecule has 1 aliphatic rings. The summed E-state index contributed by atoms with van der Waals surface area (Å²) >= 11 is 0. The second kappa shape index (κ2) is 17.6. The van der Waals surface area contributed by atoms with Gasteiger partial charge in [0.2, 0.25) is 6.29 Å². The van der Waals surface area contributed by atoms with Gasteiger partial charge in [-0.05, 0) is 67.1 Å². The number of hydrogen-bond donors (Lipinski definition) is 4. The van der Waals surface area contributed by atoms with E-state index in [0.717, 1.165) is 6.42 Å². The van der Waals surface area contributed by atoms with Gasteiger partial charge >= 0.3 is 5.97 Å². The highest BCUT2D eigenvalue weighted by Gasteiger charge is 2.28. The van der Waals surface area contributed by atoms with Gasteiger partial charge in [0.25, 0.3) is 0 Å². The number of esters is 1. The van der Waals surface area contributed by atoms with Crippen LogP contribution in [0.3, 0.4) is 0 Å². The monoisotopic (exact) mass is 532 g/mol. The molecule has 0 aliphatic carbocycles. The molecule has 0 fully saturated rings. The highest BCUT2D eigenvalue weighted by molar-refractivity contribution is 5.82. The minimum absolute atomic E-state index is 0.0332. The largest absolute Gasteiger partial charge is 0.430 e. The van der Waals surface area contributed by atoms with Crippen LogP contribution in [0.5, 0.6) is 0 Å². The molecule has 1 rings (SSSR count). The third kappa shape index (κ3) is 12.2. The fourth-order valence-corrected chi connectivity index (χ4v) is 4.97. The maximum atomic E-state index is 12.1. The van der Waals surface area contributed by atoms with Crippen LogP contribution < -0.4 is 0 Å². The summed E-state index contributed by atoms with van der Waals surface area (Å²) in [6.07, 6.45) is 14.6. The predicted molar refractivity (Wildman–Crippen MR) is 154 cm³/mol. The zero-order valence-electron chi connectivity index (χ0n) is 24.2. The van der Waals surface area contributed by atoms with Crippen molar-refractivity contribution in [1.29, 1.82) is 0 Å². The van der Waals surface area contributed by atoms with E-state index >= 15 is 0 Å². The summed E-state index contributed by atoms with van der Waals surface area (Å²) in [7, 11) is 0. The second-order valence-electron chi connectivity index (χ2n) is 11.4. The van der Waals surface area contributed by atoms with E-state index in [-0.39, 0.29) is 24.2 Å². The third-order valence-corrected chi connectivity index (χ3v) is 8.06. The standard InChI is InChI=1S/C32H52O6/c1-8-9-12-23(4)28-19-21(2)15-16-22(3)26(7)29(34)20-27(33)18-17-25(6)31(36)32(37)38-30(35)14-11-10-13-24(28)5/h8-16,21-29,31-34,36-37H,1,17-20H2,2-7H3/b12-9?,13-10+,14-11+,16-15+/t21-,22+,23+,24-,25+,26-,27+,28+,29+,31+,32+/m1/s1. The highest BCUT2D eigenvalue weighted by Crippen LogP contribution is 2.31.